The number of rotatable bonds is 4. The van der Waals surface area contributed by atoms with Crippen molar-refractivity contribution in [2.24, 2.45) is 0 Å². The Morgan fingerprint density at radius 3 is 2.44 bits per heavy atom. The first-order valence-electron chi connectivity index (χ1n) is 4.57. The minimum atomic E-state index is -1.86. The Hall–Kier alpha value is -1.78. The number of halogens is 1. The van der Waals surface area contributed by atoms with E-state index < -0.39 is 12.1 Å². The van der Waals surface area contributed by atoms with Crippen molar-refractivity contribution in [2.45, 2.75) is 6.17 Å². The van der Waals surface area contributed by atoms with Gasteiger partial charge < -0.3 is 14.2 Å². The molecule has 0 radical (unpaired) electrons. The second kappa shape index (κ2) is 5.34. The first-order valence-corrected chi connectivity index (χ1v) is 4.57. The molecule has 1 aromatic rings. The Labute approximate surface area is 92.9 Å². The molecule has 0 spiro atoms. The normalized spacial score (nSPS) is 11.8. The van der Waals surface area contributed by atoms with Crippen LogP contribution in [0, 0.1) is 0 Å². The highest BCUT2D eigenvalue weighted by molar-refractivity contribution is 5.77. The van der Waals surface area contributed by atoms with Gasteiger partial charge >= 0.3 is 5.97 Å². The third-order valence-electron chi connectivity index (χ3n) is 2.12. The van der Waals surface area contributed by atoms with E-state index in [9.17, 15) is 9.18 Å². The maximum absolute atomic E-state index is 13.6. The van der Waals surface area contributed by atoms with Crippen LogP contribution in [0.3, 0.4) is 0 Å². The number of benzene rings is 1. The van der Waals surface area contributed by atoms with E-state index in [0.29, 0.717) is 5.75 Å². The molecule has 1 aromatic carbocycles. The standard InChI is InChI=1S/C11H13FO4/c1-14-7-4-5-8(9(6-7)15-2)10(12)11(13)16-3/h4-6,10H,1-3H3. The highest BCUT2D eigenvalue weighted by atomic mass is 19.1. The lowest BCUT2D eigenvalue weighted by molar-refractivity contribution is -0.146. The summed E-state index contributed by atoms with van der Waals surface area (Å²) in [6, 6.07) is 4.48. The fourth-order valence-electron chi connectivity index (χ4n) is 1.26. The molecule has 1 atom stereocenters. The van der Waals surface area contributed by atoms with E-state index in [2.05, 4.69) is 4.74 Å². The maximum atomic E-state index is 13.6. The highest BCUT2D eigenvalue weighted by Gasteiger charge is 2.24. The van der Waals surface area contributed by atoms with Crippen LogP contribution in [-0.4, -0.2) is 27.3 Å². The van der Waals surface area contributed by atoms with E-state index in [1.807, 2.05) is 0 Å². The Kier molecular flexibility index (Phi) is 4.10. The first-order chi connectivity index (χ1) is 7.63. The second-order valence-corrected chi connectivity index (χ2v) is 2.99. The number of alkyl halides is 1. The molecule has 88 valence electrons. The van der Waals surface area contributed by atoms with E-state index >= 15 is 0 Å². The van der Waals surface area contributed by atoms with Gasteiger partial charge in [-0.1, -0.05) is 0 Å². The molecule has 1 unspecified atom stereocenters. The van der Waals surface area contributed by atoms with E-state index in [-0.39, 0.29) is 11.3 Å². The summed E-state index contributed by atoms with van der Waals surface area (Å²) in [4.78, 5) is 11.1. The third-order valence-corrected chi connectivity index (χ3v) is 2.12. The predicted octanol–water partition coefficient (Wildman–Crippen LogP) is 1.89. The molecule has 0 aliphatic carbocycles. The zero-order chi connectivity index (χ0) is 12.1. The van der Waals surface area contributed by atoms with Crippen LogP contribution in [0.5, 0.6) is 11.5 Å². The molecule has 0 heterocycles. The van der Waals surface area contributed by atoms with E-state index in [1.165, 1.54) is 26.4 Å². The molecule has 0 saturated heterocycles. The minimum absolute atomic E-state index is 0.121. The van der Waals surface area contributed by atoms with E-state index in [4.69, 9.17) is 9.47 Å². The Balaban J connectivity index is 3.08. The molecule has 0 saturated carbocycles. The Morgan fingerprint density at radius 1 is 1.25 bits per heavy atom. The van der Waals surface area contributed by atoms with Crippen molar-refractivity contribution in [3.8, 4) is 11.5 Å². The van der Waals surface area contributed by atoms with Gasteiger partial charge in [-0.2, -0.15) is 0 Å². The molecular weight excluding hydrogens is 215 g/mol. The highest BCUT2D eigenvalue weighted by Crippen LogP contribution is 2.31. The monoisotopic (exact) mass is 228 g/mol. The summed E-state index contributed by atoms with van der Waals surface area (Å²) in [5.74, 6) is -0.182. The Bertz CT molecular complexity index is 378. The summed E-state index contributed by atoms with van der Waals surface area (Å²) in [7, 11) is 4.01. The van der Waals surface area contributed by atoms with Gasteiger partial charge in [-0.15, -0.1) is 0 Å². The molecule has 0 aromatic heterocycles. The number of methoxy groups -OCH3 is 3. The van der Waals surface area contributed by atoms with Crippen LogP contribution in [0.15, 0.2) is 18.2 Å². The van der Waals surface area contributed by atoms with Gasteiger partial charge in [0.15, 0.2) is 0 Å². The zero-order valence-corrected chi connectivity index (χ0v) is 9.32. The zero-order valence-electron chi connectivity index (χ0n) is 9.32. The SMILES string of the molecule is COC(=O)C(F)c1ccc(OC)cc1OC. The predicted molar refractivity (Wildman–Crippen MR) is 55.4 cm³/mol. The summed E-state index contributed by atoms with van der Waals surface area (Å²) >= 11 is 0. The topological polar surface area (TPSA) is 44.8 Å². The number of carbonyl (C=O) groups excluding carboxylic acids is 1. The molecule has 4 nitrogen and oxygen atoms in total. The van der Waals surface area contributed by atoms with Gasteiger partial charge in [0.25, 0.3) is 0 Å². The molecule has 0 aliphatic heterocycles. The van der Waals surface area contributed by atoms with Gasteiger partial charge in [0.2, 0.25) is 6.17 Å². The molecule has 5 heteroatoms. The number of esters is 1. The van der Waals surface area contributed by atoms with Crippen molar-refractivity contribution in [1.82, 2.24) is 0 Å². The molecular formula is C11H13FO4. The molecule has 1 rings (SSSR count). The van der Waals surface area contributed by atoms with Crippen molar-refractivity contribution in [3.05, 3.63) is 23.8 Å². The molecule has 0 amide bonds. The smallest absolute Gasteiger partial charge is 0.345 e. The largest absolute Gasteiger partial charge is 0.497 e. The van der Waals surface area contributed by atoms with Crippen molar-refractivity contribution in [1.29, 1.82) is 0 Å². The van der Waals surface area contributed by atoms with Gasteiger partial charge in [0.05, 0.1) is 21.3 Å². The molecule has 0 aliphatic rings. The van der Waals surface area contributed by atoms with E-state index in [1.54, 1.807) is 6.07 Å². The van der Waals surface area contributed by atoms with Gasteiger partial charge in [-0.05, 0) is 12.1 Å². The van der Waals surface area contributed by atoms with E-state index in [0.717, 1.165) is 7.11 Å². The second-order valence-electron chi connectivity index (χ2n) is 2.99. The van der Waals surface area contributed by atoms with Crippen LogP contribution in [0.4, 0.5) is 4.39 Å². The van der Waals surface area contributed by atoms with Crippen molar-refractivity contribution >= 4 is 5.97 Å². The van der Waals surface area contributed by atoms with Crippen molar-refractivity contribution in [2.75, 3.05) is 21.3 Å². The first kappa shape index (κ1) is 12.3. The minimum Gasteiger partial charge on any atom is -0.497 e. The number of hydrogen-bond acceptors (Lipinski definition) is 4. The average Bonchev–Trinajstić information content (AvgIpc) is 2.35. The number of ether oxygens (including phenoxy) is 3. The lowest BCUT2D eigenvalue weighted by Gasteiger charge is -2.12. The lowest BCUT2D eigenvalue weighted by atomic mass is 10.1. The number of carbonyl (C=O) groups is 1. The van der Waals surface area contributed by atoms with Crippen LogP contribution in [0.25, 0.3) is 0 Å². The van der Waals surface area contributed by atoms with Crippen LogP contribution in [-0.2, 0) is 9.53 Å². The molecule has 0 N–H and O–H groups in total. The van der Waals surface area contributed by atoms with Crippen LogP contribution in [0.1, 0.15) is 11.7 Å². The van der Waals surface area contributed by atoms with Crippen LogP contribution < -0.4 is 9.47 Å². The third kappa shape index (κ3) is 2.42. The Morgan fingerprint density at radius 2 is 1.94 bits per heavy atom. The van der Waals surface area contributed by atoms with Crippen LogP contribution in [0.2, 0.25) is 0 Å². The maximum Gasteiger partial charge on any atom is 0.345 e. The average molecular weight is 228 g/mol. The summed E-state index contributed by atoms with van der Waals surface area (Å²) in [6.45, 7) is 0. The fourth-order valence-corrected chi connectivity index (χ4v) is 1.26. The van der Waals surface area contributed by atoms with Crippen molar-refractivity contribution in [3.63, 3.8) is 0 Å². The number of hydrogen-bond donors (Lipinski definition) is 0. The van der Waals surface area contributed by atoms with Gasteiger partial charge in [-0.3, -0.25) is 0 Å². The molecule has 0 fully saturated rings. The molecule has 16 heavy (non-hydrogen) atoms. The van der Waals surface area contributed by atoms with Crippen molar-refractivity contribution < 1.29 is 23.4 Å². The van der Waals surface area contributed by atoms with Crippen LogP contribution >= 0.6 is 0 Å². The summed E-state index contributed by atoms with van der Waals surface area (Å²) < 4.78 is 27.9. The summed E-state index contributed by atoms with van der Waals surface area (Å²) in [6.07, 6.45) is -1.86. The van der Waals surface area contributed by atoms with Gasteiger partial charge in [0, 0.05) is 11.6 Å². The fraction of sp³-hybridized carbons (Fsp3) is 0.364. The quantitative estimate of drug-likeness (QED) is 0.738. The lowest BCUT2D eigenvalue weighted by Crippen LogP contribution is -2.10. The summed E-state index contributed by atoms with van der Waals surface area (Å²) in [5.41, 5.74) is 0.121. The van der Waals surface area contributed by atoms with Gasteiger partial charge in [-0.25, -0.2) is 9.18 Å². The van der Waals surface area contributed by atoms with Gasteiger partial charge in [0.1, 0.15) is 11.5 Å². The molecule has 0 bridgehead atoms. The summed E-state index contributed by atoms with van der Waals surface area (Å²) in [5, 5.41) is 0.